The van der Waals surface area contributed by atoms with Crippen molar-refractivity contribution >= 4 is 27.5 Å². The van der Waals surface area contributed by atoms with E-state index < -0.39 is 9.84 Å². The van der Waals surface area contributed by atoms with Gasteiger partial charge in [0.2, 0.25) is 5.91 Å². The molecule has 2 fully saturated rings. The van der Waals surface area contributed by atoms with Gasteiger partial charge in [0.05, 0.1) is 17.3 Å². The fourth-order valence-corrected chi connectivity index (χ4v) is 5.68. The number of thioether (sulfide) groups is 1. The maximum atomic E-state index is 12.0. The number of nitrogens with zero attached hydrogens (tertiary/aromatic N) is 3. The van der Waals surface area contributed by atoms with Crippen LogP contribution in [0.4, 0.5) is 0 Å². The van der Waals surface area contributed by atoms with E-state index >= 15 is 0 Å². The third-order valence-electron chi connectivity index (χ3n) is 4.77. The van der Waals surface area contributed by atoms with Crippen molar-refractivity contribution in [3.05, 3.63) is 5.82 Å². The molecule has 0 radical (unpaired) electrons. The number of rotatable bonds is 7. The van der Waals surface area contributed by atoms with E-state index in [-0.39, 0.29) is 29.4 Å². The Bertz CT molecular complexity index is 712. The lowest BCUT2D eigenvalue weighted by atomic mass is 10.1. The summed E-state index contributed by atoms with van der Waals surface area (Å²) in [4.78, 5) is 12.0. The Kier molecular flexibility index (Phi) is 5.19. The van der Waals surface area contributed by atoms with Crippen LogP contribution in [-0.4, -0.2) is 52.4 Å². The van der Waals surface area contributed by atoms with Crippen LogP contribution in [-0.2, 0) is 28.1 Å². The lowest BCUT2D eigenvalue weighted by molar-refractivity contribution is -0.119. The van der Waals surface area contributed by atoms with Gasteiger partial charge in [0, 0.05) is 19.5 Å². The number of hydrogen-bond acceptors (Lipinski definition) is 6. The quantitative estimate of drug-likeness (QED) is 0.712. The molecule has 2 atom stereocenters. The summed E-state index contributed by atoms with van der Waals surface area (Å²) in [6.45, 7) is 2.05. The SMILES string of the molecule is C[C@H](NC(=O)CSc1nnc(C[C@H]2CCS(=O)(=O)C2)n1C)C1CC1. The van der Waals surface area contributed by atoms with Gasteiger partial charge in [-0.25, -0.2) is 8.42 Å². The Morgan fingerprint density at radius 2 is 2.12 bits per heavy atom. The highest BCUT2D eigenvalue weighted by molar-refractivity contribution is 7.99. The third kappa shape index (κ3) is 4.50. The van der Waals surface area contributed by atoms with Crippen LogP contribution in [0.25, 0.3) is 0 Å². The molecule has 1 aliphatic heterocycles. The number of aromatic nitrogens is 3. The molecule has 1 N–H and O–H groups in total. The molecule has 0 unspecified atom stereocenters. The predicted molar refractivity (Wildman–Crippen MR) is 92.5 cm³/mol. The van der Waals surface area contributed by atoms with Gasteiger partial charge in [-0.3, -0.25) is 4.79 Å². The highest BCUT2D eigenvalue weighted by Crippen LogP contribution is 2.32. The molecular weight excluding hydrogens is 348 g/mol. The van der Waals surface area contributed by atoms with Gasteiger partial charge >= 0.3 is 0 Å². The lowest BCUT2D eigenvalue weighted by Crippen LogP contribution is -2.35. The third-order valence-corrected chi connectivity index (χ3v) is 7.63. The number of amides is 1. The minimum atomic E-state index is -2.87. The van der Waals surface area contributed by atoms with Gasteiger partial charge in [-0.15, -0.1) is 10.2 Å². The number of nitrogens with one attached hydrogen (secondary N) is 1. The van der Waals surface area contributed by atoms with Crippen molar-refractivity contribution in [2.24, 2.45) is 18.9 Å². The molecule has 0 aromatic carbocycles. The number of carbonyl (C=O) groups is 1. The van der Waals surface area contributed by atoms with Crippen molar-refractivity contribution in [2.45, 2.75) is 43.8 Å². The molecule has 9 heteroatoms. The second-order valence-corrected chi connectivity index (χ2v) is 10.1. The number of hydrogen-bond donors (Lipinski definition) is 1. The second kappa shape index (κ2) is 7.03. The van der Waals surface area contributed by atoms with Gasteiger partial charge in [0.15, 0.2) is 15.0 Å². The standard InChI is InChI=1S/C15H24N4O3S2/c1-10(12-3-4-12)16-14(20)8-23-15-18-17-13(19(15)2)7-11-5-6-24(21,22)9-11/h10-12H,3-9H2,1-2H3,(H,16,20)/t10-,11+/m0/s1. The van der Waals surface area contributed by atoms with Crippen molar-refractivity contribution < 1.29 is 13.2 Å². The molecule has 3 rings (SSSR count). The van der Waals surface area contributed by atoms with Crippen LogP contribution < -0.4 is 5.32 Å². The average molecular weight is 373 g/mol. The summed E-state index contributed by atoms with van der Waals surface area (Å²) in [5.41, 5.74) is 0. The molecule has 1 amide bonds. The maximum absolute atomic E-state index is 12.0. The monoisotopic (exact) mass is 372 g/mol. The predicted octanol–water partition coefficient (Wildman–Crippen LogP) is 0.799. The Labute approximate surface area is 146 Å². The first kappa shape index (κ1) is 17.7. The van der Waals surface area contributed by atoms with E-state index in [0.717, 1.165) is 5.82 Å². The number of carbonyl (C=O) groups excluding carboxylic acids is 1. The van der Waals surface area contributed by atoms with E-state index in [1.54, 1.807) is 0 Å². The minimum Gasteiger partial charge on any atom is -0.353 e. The Balaban J connectivity index is 1.50. The molecule has 2 heterocycles. The Morgan fingerprint density at radius 3 is 2.75 bits per heavy atom. The molecule has 134 valence electrons. The van der Waals surface area contributed by atoms with E-state index in [1.807, 2.05) is 11.6 Å². The van der Waals surface area contributed by atoms with E-state index in [2.05, 4.69) is 22.4 Å². The van der Waals surface area contributed by atoms with Crippen LogP contribution in [0.1, 0.15) is 32.0 Å². The highest BCUT2D eigenvalue weighted by atomic mass is 32.2. The summed E-state index contributed by atoms with van der Waals surface area (Å²) in [6.07, 6.45) is 3.73. The molecule has 1 saturated heterocycles. The van der Waals surface area contributed by atoms with Crippen LogP contribution in [0.5, 0.6) is 0 Å². The molecule has 0 spiro atoms. The molecule has 24 heavy (non-hydrogen) atoms. The first-order chi connectivity index (χ1) is 11.3. The van der Waals surface area contributed by atoms with Crippen LogP contribution in [0.15, 0.2) is 5.16 Å². The van der Waals surface area contributed by atoms with Crippen molar-refractivity contribution in [3.8, 4) is 0 Å². The van der Waals surface area contributed by atoms with Crippen molar-refractivity contribution in [2.75, 3.05) is 17.3 Å². The fourth-order valence-electron chi connectivity index (χ4n) is 3.08. The topological polar surface area (TPSA) is 94.0 Å². The molecule has 7 nitrogen and oxygen atoms in total. The summed E-state index contributed by atoms with van der Waals surface area (Å²) in [7, 11) is -1.01. The molecule has 1 aromatic rings. The molecule has 2 aliphatic rings. The maximum Gasteiger partial charge on any atom is 0.230 e. The van der Waals surface area contributed by atoms with Gasteiger partial charge < -0.3 is 9.88 Å². The lowest BCUT2D eigenvalue weighted by Gasteiger charge is -2.12. The van der Waals surface area contributed by atoms with Gasteiger partial charge in [0.1, 0.15) is 5.82 Å². The zero-order chi connectivity index (χ0) is 17.3. The Hall–Kier alpha value is -1.09. The largest absolute Gasteiger partial charge is 0.353 e. The zero-order valence-corrected chi connectivity index (χ0v) is 15.7. The molecule has 1 aliphatic carbocycles. The number of sulfone groups is 1. The average Bonchev–Trinajstić information content (AvgIpc) is 3.23. The van der Waals surface area contributed by atoms with E-state index in [1.165, 1.54) is 24.6 Å². The van der Waals surface area contributed by atoms with Crippen LogP contribution in [0.3, 0.4) is 0 Å². The van der Waals surface area contributed by atoms with Gasteiger partial charge in [-0.2, -0.15) is 0 Å². The normalized spacial score (nSPS) is 24.0. The smallest absolute Gasteiger partial charge is 0.230 e. The summed E-state index contributed by atoms with van der Waals surface area (Å²) in [6, 6.07) is 0.248. The van der Waals surface area contributed by atoms with E-state index in [4.69, 9.17) is 0 Å². The molecular formula is C15H24N4O3S2. The van der Waals surface area contributed by atoms with Gasteiger partial charge in [-0.05, 0) is 38.0 Å². The minimum absolute atomic E-state index is 0.0193. The first-order valence-electron chi connectivity index (χ1n) is 8.35. The summed E-state index contributed by atoms with van der Waals surface area (Å²) in [5, 5.41) is 12.0. The van der Waals surface area contributed by atoms with E-state index in [0.29, 0.717) is 29.7 Å². The summed E-state index contributed by atoms with van der Waals surface area (Å²) >= 11 is 1.37. The van der Waals surface area contributed by atoms with Crippen molar-refractivity contribution in [1.29, 1.82) is 0 Å². The van der Waals surface area contributed by atoms with Crippen LogP contribution in [0, 0.1) is 11.8 Å². The van der Waals surface area contributed by atoms with E-state index in [9.17, 15) is 13.2 Å². The Morgan fingerprint density at radius 1 is 1.38 bits per heavy atom. The van der Waals surface area contributed by atoms with Crippen LogP contribution in [0.2, 0.25) is 0 Å². The van der Waals surface area contributed by atoms with Gasteiger partial charge in [0.25, 0.3) is 0 Å². The zero-order valence-electron chi connectivity index (χ0n) is 14.1. The molecule has 1 aromatic heterocycles. The second-order valence-electron chi connectivity index (χ2n) is 6.91. The van der Waals surface area contributed by atoms with Gasteiger partial charge in [-0.1, -0.05) is 11.8 Å². The molecule has 0 bridgehead atoms. The van der Waals surface area contributed by atoms with Crippen molar-refractivity contribution in [1.82, 2.24) is 20.1 Å². The van der Waals surface area contributed by atoms with Crippen LogP contribution >= 0.6 is 11.8 Å². The summed E-state index contributed by atoms with van der Waals surface area (Å²) < 4.78 is 25.0. The summed E-state index contributed by atoms with van der Waals surface area (Å²) in [5.74, 6) is 2.40. The highest BCUT2D eigenvalue weighted by Gasteiger charge is 2.30. The van der Waals surface area contributed by atoms with Crippen molar-refractivity contribution in [3.63, 3.8) is 0 Å². The first-order valence-corrected chi connectivity index (χ1v) is 11.2. The fraction of sp³-hybridized carbons (Fsp3) is 0.800. The molecule has 1 saturated carbocycles.